The third-order valence-corrected chi connectivity index (χ3v) is 3.28. The van der Waals surface area contributed by atoms with E-state index in [1.165, 1.54) is 19.3 Å². The summed E-state index contributed by atoms with van der Waals surface area (Å²) in [5.41, 5.74) is 4.98. The molecule has 82 valence electrons. The Morgan fingerprint density at radius 2 is 2.21 bits per heavy atom. The monoisotopic (exact) mass is 199 g/mol. The first-order valence-electron chi connectivity index (χ1n) is 5.61. The second-order valence-electron chi connectivity index (χ2n) is 4.57. The summed E-state index contributed by atoms with van der Waals surface area (Å²) < 4.78 is 0. The van der Waals surface area contributed by atoms with Crippen LogP contribution in [-0.4, -0.2) is 16.6 Å². The van der Waals surface area contributed by atoms with E-state index in [1.54, 1.807) is 0 Å². The SMILES string of the molecule is CCCC[C@](N)(CC1CCC1)C(=O)O. The fourth-order valence-electron chi connectivity index (χ4n) is 2.00. The molecular formula is C11H21NO2. The van der Waals surface area contributed by atoms with Crippen LogP contribution in [0.4, 0.5) is 0 Å². The minimum atomic E-state index is -0.957. The molecule has 1 aliphatic carbocycles. The van der Waals surface area contributed by atoms with Gasteiger partial charge in [-0.15, -0.1) is 0 Å². The van der Waals surface area contributed by atoms with Crippen LogP contribution in [0.25, 0.3) is 0 Å². The summed E-state index contributed by atoms with van der Waals surface area (Å²) in [5.74, 6) is -0.259. The highest BCUT2D eigenvalue weighted by atomic mass is 16.4. The molecule has 0 radical (unpaired) electrons. The number of unbranched alkanes of at least 4 members (excludes halogenated alkanes) is 1. The molecule has 0 spiro atoms. The molecule has 3 N–H and O–H groups in total. The summed E-state index contributed by atoms with van der Waals surface area (Å²) in [5, 5.41) is 9.10. The Morgan fingerprint density at radius 3 is 2.57 bits per heavy atom. The van der Waals surface area contributed by atoms with Crippen molar-refractivity contribution in [3.8, 4) is 0 Å². The summed E-state index contributed by atoms with van der Waals surface area (Å²) in [4.78, 5) is 11.1. The van der Waals surface area contributed by atoms with Crippen LogP contribution in [0.3, 0.4) is 0 Å². The lowest BCUT2D eigenvalue weighted by molar-refractivity contribution is -0.144. The van der Waals surface area contributed by atoms with Crippen LogP contribution in [0.5, 0.6) is 0 Å². The van der Waals surface area contributed by atoms with Crippen molar-refractivity contribution in [1.29, 1.82) is 0 Å². The van der Waals surface area contributed by atoms with Crippen molar-refractivity contribution < 1.29 is 9.90 Å². The average Bonchev–Trinajstić information content (AvgIpc) is 2.08. The summed E-state index contributed by atoms with van der Waals surface area (Å²) in [6.45, 7) is 2.06. The van der Waals surface area contributed by atoms with Gasteiger partial charge in [0.15, 0.2) is 0 Å². The van der Waals surface area contributed by atoms with E-state index in [1.807, 2.05) is 0 Å². The molecule has 3 nitrogen and oxygen atoms in total. The number of hydrogen-bond donors (Lipinski definition) is 2. The second kappa shape index (κ2) is 4.78. The molecule has 0 aliphatic heterocycles. The third kappa shape index (κ3) is 2.71. The topological polar surface area (TPSA) is 63.3 Å². The van der Waals surface area contributed by atoms with E-state index in [9.17, 15) is 4.79 Å². The van der Waals surface area contributed by atoms with Gasteiger partial charge in [-0.2, -0.15) is 0 Å². The fourth-order valence-corrected chi connectivity index (χ4v) is 2.00. The zero-order valence-electron chi connectivity index (χ0n) is 8.96. The van der Waals surface area contributed by atoms with Gasteiger partial charge < -0.3 is 10.8 Å². The molecule has 0 unspecified atom stereocenters. The number of nitrogens with two attached hydrogens (primary N) is 1. The molecule has 0 heterocycles. The standard InChI is InChI=1S/C11H21NO2/c1-2-3-7-11(12,10(13)14)8-9-5-4-6-9/h9H,2-8,12H2,1H3,(H,13,14)/t11-/m0/s1. The molecule has 0 bridgehead atoms. The maximum atomic E-state index is 11.1. The first kappa shape index (κ1) is 11.5. The first-order chi connectivity index (χ1) is 6.58. The molecule has 3 heteroatoms. The Balaban J connectivity index is 2.46. The molecule has 0 aromatic rings. The van der Waals surface area contributed by atoms with Crippen LogP contribution in [0.1, 0.15) is 51.9 Å². The summed E-state index contributed by atoms with van der Waals surface area (Å²) in [6.07, 6.45) is 6.79. The van der Waals surface area contributed by atoms with E-state index in [0.29, 0.717) is 18.8 Å². The minimum absolute atomic E-state index is 0.563. The second-order valence-corrected chi connectivity index (χ2v) is 4.57. The Labute approximate surface area is 85.7 Å². The van der Waals surface area contributed by atoms with Crippen LogP contribution < -0.4 is 5.73 Å². The van der Waals surface area contributed by atoms with Gasteiger partial charge in [-0.3, -0.25) is 4.79 Å². The molecule has 14 heavy (non-hydrogen) atoms. The van der Waals surface area contributed by atoms with Gasteiger partial charge >= 0.3 is 5.97 Å². The number of hydrogen-bond acceptors (Lipinski definition) is 2. The number of rotatable bonds is 6. The Hall–Kier alpha value is -0.570. The lowest BCUT2D eigenvalue weighted by Crippen LogP contribution is -2.50. The van der Waals surface area contributed by atoms with Gasteiger partial charge in [0.2, 0.25) is 0 Å². The normalized spacial score (nSPS) is 21.3. The Morgan fingerprint density at radius 1 is 1.57 bits per heavy atom. The van der Waals surface area contributed by atoms with Crippen LogP contribution in [-0.2, 0) is 4.79 Å². The van der Waals surface area contributed by atoms with Crippen LogP contribution in [0, 0.1) is 5.92 Å². The number of carboxylic acid groups (broad SMARTS) is 1. The maximum Gasteiger partial charge on any atom is 0.323 e. The number of aliphatic carboxylic acids is 1. The highest BCUT2D eigenvalue weighted by molar-refractivity contribution is 5.78. The zero-order chi connectivity index (χ0) is 10.6. The van der Waals surface area contributed by atoms with Crippen molar-refractivity contribution in [3.05, 3.63) is 0 Å². The van der Waals surface area contributed by atoms with E-state index in [2.05, 4.69) is 6.92 Å². The van der Waals surface area contributed by atoms with Gasteiger partial charge in [-0.1, -0.05) is 39.0 Å². The van der Waals surface area contributed by atoms with Gasteiger partial charge in [-0.25, -0.2) is 0 Å². The van der Waals surface area contributed by atoms with Crippen LogP contribution >= 0.6 is 0 Å². The molecule has 0 aromatic heterocycles. The highest BCUT2D eigenvalue weighted by Gasteiger charge is 2.37. The molecule has 0 saturated heterocycles. The summed E-state index contributed by atoms with van der Waals surface area (Å²) in [7, 11) is 0. The molecule has 0 aromatic carbocycles. The molecule has 0 amide bonds. The molecule has 1 rings (SSSR count). The molecule has 1 aliphatic rings. The van der Waals surface area contributed by atoms with Gasteiger partial charge in [-0.05, 0) is 18.8 Å². The first-order valence-corrected chi connectivity index (χ1v) is 5.61. The molecule has 1 fully saturated rings. The van der Waals surface area contributed by atoms with Crippen molar-refractivity contribution >= 4 is 5.97 Å². The van der Waals surface area contributed by atoms with Gasteiger partial charge in [0.25, 0.3) is 0 Å². The third-order valence-electron chi connectivity index (χ3n) is 3.28. The summed E-state index contributed by atoms with van der Waals surface area (Å²) in [6, 6.07) is 0. The van der Waals surface area contributed by atoms with Crippen molar-refractivity contribution in [2.75, 3.05) is 0 Å². The molecule has 1 atom stereocenters. The minimum Gasteiger partial charge on any atom is -0.480 e. The van der Waals surface area contributed by atoms with E-state index < -0.39 is 11.5 Å². The van der Waals surface area contributed by atoms with Gasteiger partial charge in [0.1, 0.15) is 5.54 Å². The Bertz CT molecular complexity index is 201. The van der Waals surface area contributed by atoms with Crippen LogP contribution in [0.15, 0.2) is 0 Å². The molecular weight excluding hydrogens is 178 g/mol. The number of carbonyl (C=O) groups is 1. The predicted molar refractivity (Wildman–Crippen MR) is 56.0 cm³/mol. The van der Waals surface area contributed by atoms with Gasteiger partial charge in [0.05, 0.1) is 0 Å². The smallest absolute Gasteiger partial charge is 0.323 e. The fraction of sp³-hybridized carbons (Fsp3) is 0.909. The van der Waals surface area contributed by atoms with Crippen molar-refractivity contribution in [1.82, 2.24) is 0 Å². The van der Waals surface area contributed by atoms with Crippen LogP contribution in [0.2, 0.25) is 0 Å². The maximum absolute atomic E-state index is 11.1. The molecule has 1 saturated carbocycles. The van der Waals surface area contributed by atoms with E-state index in [-0.39, 0.29) is 0 Å². The summed E-state index contributed by atoms with van der Waals surface area (Å²) >= 11 is 0. The number of carboxylic acids is 1. The van der Waals surface area contributed by atoms with Crippen molar-refractivity contribution in [3.63, 3.8) is 0 Å². The lowest BCUT2D eigenvalue weighted by Gasteiger charge is -2.34. The zero-order valence-corrected chi connectivity index (χ0v) is 8.96. The van der Waals surface area contributed by atoms with E-state index in [0.717, 1.165) is 12.8 Å². The Kier molecular flexibility index (Phi) is 3.93. The predicted octanol–water partition coefficient (Wildman–Crippen LogP) is 2.15. The highest BCUT2D eigenvalue weighted by Crippen LogP contribution is 2.34. The average molecular weight is 199 g/mol. The van der Waals surface area contributed by atoms with E-state index >= 15 is 0 Å². The largest absolute Gasteiger partial charge is 0.480 e. The van der Waals surface area contributed by atoms with E-state index in [4.69, 9.17) is 10.8 Å². The van der Waals surface area contributed by atoms with Crippen molar-refractivity contribution in [2.45, 2.75) is 57.4 Å². The van der Waals surface area contributed by atoms with Gasteiger partial charge in [0, 0.05) is 0 Å². The quantitative estimate of drug-likeness (QED) is 0.689. The lowest BCUT2D eigenvalue weighted by atomic mass is 9.74. The van der Waals surface area contributed by atoms with Crippen molar-refractivity contribution in [2.24, 2.45) is 11.7 Å².